The largest absolute Gasteiger partial charge is 0.508 e. The van der Waals surface area contributed by atoms with Gasteiger partial charge in [-0.2, -0.15) is 0 Å². The van der Waals surface area contributed by atoms with Crippen molar-refractivity contribution in [3.05, 3.63) is 47.0 Å². The van der Waals surface area contributed by atoms with E-state index >= 15 is 0 Å². The van der Waals surface area contributed by atoms with Gasteiger partial charge in [-0.05, 0) is 12.1 Å². The summed E-state index contributed by atoms with van der Waals surface area (Å²) in [5, 5.41) is 10.2. The summed E-state index contributed by atoms with van der Waals surface area (Å²) >= 11 is 5.75. The van der Waals surface area contributed by atoms with E-state index < -0.39 is 0 Å². The Bertz CT molecular complexity index is 479. The molecule has 4 heteroatoms. The third-order valence-corrected chi connectivity index (χ3v) is 2.55. The lowest BCUT2D eigenvalue weighted by Gasteiger charge is -2.04. The van der Waals surface area contributed by atoms with Crippen molar-refractivity contribution in [3.63, 3.8) is 0 Å². The molecule has 15 heavy (non-hydrogen) atoms. The van der Waals surface area contributed by atoms with Crippen molar-refractivity contribution in [2.45, 2.75) is 6.42 Å². The van der Waals surface area contributed by atoms with Crippen LogP contribution in [-0.2, 0) is 13.5 Å². The van der Waals surface area contributed by atoms with Crippen molar-refractivity contribution in [3.8, 4) is 5.75 Å². The van der Waals surface area contributed by atoms with Gasteiger partial charge >= 0.3 is 0 Å². The molecule has 0 amide bonds. The molecule has 0 radical (unpaired) electrons. The molecule has 0 unspecified atom stereocenters. The molecular formula is C11H11ClN2O. The van der Waals surface area contributed by atoms with E-state index in [1.165, 1.54) is 0 Å². The molecule has 0 atom stereocenters. The van der Waals surface area contributed by atoms with Crippen LogP contribution in [-0.4, -0.2) is 14.7 Å². The first kappa shape index (κ1) is 10.1. The second-order valence-electron chi connectivity index (χ2n) is 3.40. The lowest BCUT2D eigenvalue weighted by atomic mass is 10.1. The van der Waals surface area contributed by atoms with Crippen LogP contribution in [0.25, 0.3) is 0 Å². The molecule has 0 spiro atoms. The molecule has 1 aromatic heterocycles. The van der Waals surface area contributed by atoms with Gasteiger partial charge in [0.05, 0.1) is 0 Å². The Morgan fingerprint density at radius 2 is 2.27 bits per heavy atom. The van der Waals surface area contributed by atoms with Crippen molar-refractivity contribution in [1.29, 1.82) is 0 Å². The number of rotatable bonds is 2. The van der Waals surface area contributed by atoms with Crippen molar-refractivity contribution >= 4 is 11.6 Å². The number of aromatic hydroxyl groups is 1. The van der Waals surface area contributed by atoms with E-state index in [9.17, 15) is 5.11 Å². The highest BCUT2D eigenvalue weighted by molar-refractivity contribution is 6.30. The number of hydrogen-bond acceptors (Lipinski definition) is 2. The van der Waals surface area contributed by atoms with E-state index in [2.05, 4.69) is 4.98 Å². The number of aryl methyl sites for hydroxylation is 1. The monoisotopic (exact) mass is 222 g/mol. The van der Waals surface area contributed by atoms with Crippen LogP contribution in [0.15, 0.2) is 30.6 Å². The fraction of sp³-hybridized carbons (Fsp3) is 0.182. The Morgan fingerprint density at radius 1 is 1.47 bits per heavy atom. The quantitative estimate of drug-likeness (QED) is 0.847. The number of phenols is 1. The summed E-state index contributed by atoms with van der Waals surface area (Å²) in [6.45, 7) is 0. The van der Waals surface area contributed by atoms with Crippen molar-refractivity contribution in [2.24, 2.45) is 7.05 Å². The van der Waals surface area contributed by atoms with Crippen LogP contribution in [0.5, 0.6) is 5.75 Å². The second-order valence-corrected chi connectivity index (χ2v) is 3.84. The van der Waals surface area contributed by atoms with Gasteiger partial charge in [-0.25, -0.2) is 4.98 Å². The molecule has 0 saturated carbocycles. The highest BCUT2D eigenvalue weighted by Gasteiger charge is 2.06. The first-order chi connectivity index (χ1) is 7.16. The maximum atomic E-state index is 9.66. The zero-order chi connectivity index (χ0) is 10.8. The number of hydrogen-bond donors (Lipinski definition) is 1. The number of halogens is 1. The first-order valence-electron chi connectivity index (χ1n) is 4.60. The maximum absolute atomic E-state index is 9.66. The fourth-order valence-corrected chi connectivity index (χ4v) is 1.59. The van der Waals surface area contributed by atoms with Crippen molar-refractivity contribution in [1.82, 2.24) is 9.55 Å². The van der Waals surface area contributed by atoms with Crippen molar-refractivity contribution < 1.29 is 5.11 Å². The Hall–Kier alpha value is -1.48. The van der Waals surface area contributed by atoms with Crippen LogP contribution in [0, 0.1) is 0 Å². The summed E-state index contributed by atoms with van der Waals surface area (Å²) < 4.78 is 1.92. The van der Waals surface area contributed by atoms with E-state index in [1.54, 1.807) is 18.3 Å². The second kappa shape index (κ2) is 3.95. The molecule has 0 aliphatic rings. The Labute approximate surface area is 93.0 Å². The molecule has 2 aromatic rings. The summed E-state index contributed by atoms with van der Waals surface area (Å²) in [5.74, 6) is 1.12. The highest BCUT2D eigenvalue weighted by atomic mass is 35.5. The average Bonchev–Trinajstić information content (AvgIpc) is 2.57. The molecule has 0 fully saturated rings. The smallest absolute Gasteiger partial charge is 0.120 e. The van der Waals surface area contributed by atoms with Gasteiger partial charge in [0.1, 0.15) is 11.6 Å². The van der Waals surface area contributed by atoms with Gasteiger partial charge in [-0.3, -0.25) is 0 Å². The lowest BCUT2D eigenvalue weighted by Crippen LogP contribution is -1.98. The van der Waals surface area contributed by atoms with E-state index in [-0.39, 0.29) is 5.75 Å². The van der Waals surface area contributed by atoms with Gasteiger partial charge in [0, 0.05) is 36.4 Å². The Balaban J connectivity index is 2.29. The van der Waals surface area contributed by atoms with Crippen LogP contribution < -0.4 is 0 Å². The molecule has 2 rings (SSSR count). The minimum atomic E-state index is 0.213. The predicted molar refractivity (Wildman–Crippen MR) is 59.1 cm³/mol. The number of imidazole rings is 1. The normalized spacial score (nSPS) is 10.5. The Morgan fingerprint density at radius 3 is 2.87 bits per heavy atom. The third-order valence-electron chi connectivity index (χ3n) is 2.32. The molecule has 78 valence electrons. The molecule has 0 bridgehead atoms. The zero-order valence-corrected chi connectivity index (χ0v) is 9.07. The predicted octanol–water partition coefficient (Wildman–Crippen LogP) is 2.37. The van der Waals surface area contributed by atoms with Crippen molar-refractivity contribution in [2.75, 3.05) is 0 Å². The van der Waals surface area contributed by atoms with Gasteiger partial charge in [-0.15, -0.1) is 0 Å². The summed E-state index contributed by atoms with van der Waals surface area (Å²) in [4.78, 5) is 4.19. The summed E-state index contributed by atoms with van der Waals surface area (Å²) in [6, 6.07) is 5.12. The van der Waals surface area contributed by atoms with Crippen LogP contribution in [0.1, 0.15) is 11.4 Å². The topological polar surface area (TPSA) is 38.0 Å². The van der Waals surface area contributed by atoms with E-state index in [0.29, 0.717) is 11.4 Å². The molecule has 0 saturated heterocycles. The number of nitrogens with zero attached hydrogens (tertiary/aromatic N) is 2. The minimum absolute atomic E-state index is 0.213. The molecular weight excluding hydrogens is 212 g/mol. The Kier molecular flexibility index (Phi) is 2.64. The van der Waals surface area contributed by atoms with Crippen LogP contribution in [0.4, 0.5) is 0 Å². The first-order valence-corrected chi connectivity index (χ1v) is 4.98. The maximum Gasteiger partial charge on any atom is 0.120 e. The van der Waals surface area contributed by atoms with Gasteiger partial charge < -0.3 is 9.67 Å². The van der Waals surface area contributed by atoms with Crippen LogP contribution in [0.2, 0.25) is 5.02 Å². The minimum Gasteiger partial charge on any atom is -0.508 e. The highest BCUT2D eigenvalue weighted by Crippen LogP contribution is 2.23. The average molecular weight is 223 g/mol. The fourth-order valence-electron chi connectivity index (χ4n) is 1.42. The molecule has 1 aromatic carbocycles. The number of aromatic nitrogens is 2. The summed E-state index contributed by atoms with van der Waals surface area (Å²) in [6.07, 6.45) is 4.22. The van der Waals surface area contributed by atoms with E-state index in [0.717, 1.165) is 11.4 Å². The van der Waals surface area contributed by atoms with Gasteiger partial charge in [0.25, 0.3) is 0 Å². The lowest BCUT2D eigenvalue weighted by molar-refractivity contribution is 0.469. The standard InChI is InChI=1S/C11H11ClN2O/c1-14-5-4-13-11(14)6-8-2-3-9(12)7-10(8)15/h2-5,7,15H,6H2,1H3. The number of phenolic OH excluding ortho intramolecular Hbond substituents is 1. The molecule has 1 heterocycles. The zero-order valence-electron chi connectivity index (χ0n) is 8.31. The molecule has 3 nitrogen and oxygen atoms in total. The van der Waals surface area contributed by atoms with Gasteiger partial charge in [0.15, 0.2) is 0 Å². The van der Waals surface area contributed by atoms with E-state index in [4.69, 9.17) is 11.6 Å². The van der Waals surface area contributed by atoms with Crippen LogP contribution in [0.3, 0.4) is 0 Å². The third kappa shape index (κ3) is 2.13. The van der Waals surface area contributed by atoms with E-state index in [1.807, 2.05) is 23.9 Å². The SMILES string of the molecule is Cn1ccnc1Cc1ccc(Cl)cc1O. The summed E-state index contributed by atoms with van der Waals surface area (Å²) in [7, 11) is 1.93. The molecule has 0 aliphatic carbocycles. The van der Waals surface area contributed by atoms with Crippen LogP contribution >= 0.6 is 11.6 Å². The summed E-state index contributed by atoms with van der Waals surface area (Å²) in [5.41, 5.74) is 0.828. The van der Waals surface area contributed by atoms with Gasteiger partial charge in [0.2, 0.25) is 0 Å². The number of benzene rings is 1. The van der Waals surface area contributed by atoms with Gasteiger partial charge in [-0.1, -0.05) is 17.7 Å². The molecule has 1 N–H and O–H groups in total. The molecule has 0 aliphatic heterocycles.